The molecule has 0 aliphatic carbocycles. The molecule has 14 heteroatoms. The lowest BCUT2D eigenvalue weighted by Crippen LogP contribution is -2.46. The number of benzene rings is 1. The highest BCUT2D eigenvalue weighted by molar-refractivity contribution is 7.52. The number of halogens is 1. The van der Waals surface area contributed by atoms with E-state index in [1.807, 2.05) is 4.98 Å². The van der Waals surface area contributed by atoms with E-state index in [1.165, 1.54) is 19.1 Å². The van der Waals surface area contributed by atoms with Crippen molar-refractivity contribution >= 4 is 13.7 Å². The molecule has 0 saturated carbocycles. The van der Waals surface area contributed by atoms with Crippen LogP contribution in [0.15, 0.2) is 52.2 Å². The zero-order valence-electron chi connectivity index (χ0n) is 20.1. The predicted octanol–water partition coefficient (Wildman–Crippen LogP) is 1.66. The number of ether oxygens (including phenoxy) is 2. The first kappa shape index (κ1) is 27.8. The Hall–Kier alpha value is -2.83. The summed E-state index contributed by atoms with van der Waals surface area (Å²) in [7, 11) is -4.54. The number of alkyl halides is 1. The Morgan fingerprint density at radius 1 is 1.28 bits per heavy atom. The molecule has 1 aliphatic rings. The largest absolute Gasteiger partial charge is 0.462 e. The highest BCUT2D eigenvalue weighted by Gasteiger charge is 2.59. The molecule has 2 heterocycles. The van der Waals surface area contributed by atoms with Gasteiger partial charge in [0.1, 0.15) is 24.0 Å². The molecular formula is C22H29FN3O9P. The van der Waals surface area contributed by atoms with Crippen molar-refractivity contribution in [2.45, 2.75) is 63.9 Å². The quantitative estimate of drug-likeness (QED) is 0.305. The van der Waals surface area contributed by atoms with E-state index in [9.17, 15) is 24.1 Å². The van der Waals surface area contributed by atoms with Gasteiger partial charge in [-0.25, -0.2) is 13.8 Å². The maximum atomic E-state index is 16.2. The number of aromatic nitrogens is 2. The van der Waals surface area contributed by atoms with Crippen molar-refractivity contribution in [1.29, 1.82) is 0 Å². The third-order valence-electron chi connectivity index (χ3n) is 5.24. The van der Waals surface area contributed by atoms with Gasteiger partial charge in [0.15, 0.2) is 11.9 Å². The lowest BCUT2D eigenvalue weighted by molar-refractivity contribution is -0.149. The zero-order valence-corrected chi connectivity index (χ0v) is 21.0. The topological polar surface area (TPSA) is 158 Å². The molecule has 1 saturated heterocycles. The number of para-hydroxylation sites is 1. The van der Waals surface area contributed by atoms with Gasteiger partial charge >= 0.3 is 19.4 Å². The maximum Gasteiger partial charge on any atom is 0.459 e. The number of aliphatic hydroxyl groups is 1. The summed E-state index contributed by atoms with van der Waals surface area (Å²) in [6.45, 7) is 4.89. The van der Waals surface area contributed by atoms with Crippen LogP contribution in [-0.2, 0) is 23.4 Å². The van der Waals surface area contributed by atoms with Gasteiger partial charge in [-0.2, -0.15) is 5.09 Å². The van der Waals surface area contributed by atoms with E-state index in [1.54, 1.807) is 32.0 Å². The molecule has 198 valence electrons. The Morgan fingerprint density at radius 2 is 1.94 bits per heavy atom. The molecule has 0 bridgehead atoms. The van der Waals surface area contributed by atoms with Crippen LogP contribution in [0, 0.1) is 0 Å². The Morgan fingerprint density at radius 3 is 2.53 bits per heavy atom. The second kappa shape index (κ2) is 11.1. The van der Waals surface area contributed by atoms with E-state index >= 15 is 4.39 Å². The number of nitrogens with one attached hydrogen (secondary N) is 2. The smallest absolute Gasteiger partial charge is 0.459 e. The number of esters is 1. The molecule has 3 N–H and O–H groups in total. The van der Waals surface area contributed by atoms with Crippen LogP contribution in [0.25, 0.3) is 0 Å². The molecule has 1 aliphatic heterocycles. The average Bonchev–Trinajstić information content (AvgIpc) is 3.03. The zero-order chi connectivity index (χ0) is 26.7. The first-order valence-electron chi connectivity index (χ1n) is 11.1. The summed E-state index contributed by atoms with van der Waals surface area (Å²) in [5.41, 5.74) is -4.22. The minimum absolute atomic E-state index is 0.0891. The van der Waals surface area contributed by atoms with Gasteiger partial charge in [0.2, 0.25) is 0 Å². The maximum absolute atomic E-state index is 16.2. The van der Waals surface area contributed by atoms with Crippen LogP contribution < -0.4 is 20.9 Å². The molecular weight excluding hydrogens is 500 g/mol. The number of rotatable bonds is 10. The lowest BCUT2D eigenvalue weighted by atomic mass is 9.98. The number of nitrogens with zero attached hydrogens (tertiary/aromatic N) is 1. The number of aliphatic hydroxyl groups excluding tert-OH is 1. The number of carbonyl (C=O) groups is 1. The van der Waals surface area contributed by atoms with Crippen LogP contribution in [0.1, 0.15) is 33.9 Å². The molecule has 36 heavy (non-hydrogen) atoms. The molecule has 1 aromatic heterocycles. The number of hydrogen-bond acceptors (Lipinski definition) is 9. The number of hydrogen-bond donors (Lipinski definition) is 3. The third-order valence-corrected chi connectivity index (χ3v) is 6.90. The van der Waals surface area contributed by atoms with Gasteiger partial charge in [-0.15, -0.1) is 0 Å². The van der Waals surface area contributed by atoms with Crippen LogP contribution in [0.5, 0.6) is 5.75 Å². The van der Waals surface area contributed by atoms with E-state index < -0.39 is 67.8 Å². The van der Waals surface area contributed by atoms with Gasteiger partial charge < -0.3 is 19.1 Å². The molecule has 0 radical (unpaired) electrons. The second-order valence-electron chi connectivity index (χ2n) is 8.64. The van der Waals surface area contributed by atoms with Crippen molar-refractivity contribution in [1.82, 2.24) is 14.6 Å². The third kappa shape index (κ3) is 6.29. The van der Waals surface area contributed by atoms with E-state index in [2.05, 4.69) is 5.09 Å². The Bertz CT molecular complexity index is 1220. The molecule has 6 atom stereocenters. The first-order valence-corrected chi connectivity index (χ1v) is 12.7. The summed E-state index contributed by atoms with van der Waals surface area (Å²) >= 11 is 0. The van der Waals surface area contributed by atoms with Gasteiger partial charge in [-0.3, -0.25) is 23.7 Å². The first-order chi connectivity index (χ1) is 16.9. The Balaban J connectivity index is 1.95. The van der Waals surface area contributed by atoms with Gasteiger partial charge in [-0.1, -0.05) is 18.2 Å². The Kier molecular flexibility index (Phi) is 8.52. The second-order valence-corrected chi connectivity index (χ2v) is 10.3. The van der Waals surface area contributed by atoms with Gasteiger partial charge in [-0.05, 0) is 39.8 Å². The monoisotopic (exact) mass is 529 g/mol. The molecule has 0 spiro atoms. The fraction of sp³-hybridized carbons (Fsp3) is 0.500. The predicted molar refractivity (Wildman–Crippen MR) is 125 cm³/mol. The summed E-state index contributed by atoms with van der Waals surface area (Å²) in [6.07, 6.45) is -4.21. The van der Waals surface area contributed by atoms with Crippen molar-refractivity contribution in [2.24, 2.45) is 0 Å². The molecule has 0 amide bonds. The summed E-state index contributed by atoms with van der Waals surface area (Å²) in [4.78, 5) is 38.0. The van der Waals surface area contributed by atoms with Crippen molar-refractivity contribution in [3.05, 3.63) is 63.4 Å². The van der Waals surface area contributed by atoms with Gasteiger partial charge in [0.25, 0.3) is 5.56 Å². The SMILES string of the molecule is CC(C)OC(=O)[C@H](C)N[P@@](=O)(Oc1ccccc1)O[C@@H]1[C@@H](CO)O[C@@H](n2ccc(=O)[nH]c2=O)[C@]1(C)F. The van der Waals surface area contributed by atoms with Gasteiger partial charge in [0, 0.05) is 12.3 Å². The fourth-order valence-electron chi connectivity index (χ4n) is 3.61. The molecule has 1 aromatic carbocycles. The number of aromatic amines is 1. The summed E-state index contributed by atoms with van der Waals surface area (Å²) in [5.74, 6) is -0.668. The van der Waals surface area contributed by atoms with Crippen LogP contribution >= 0.6 is 7.75 Å². The van der Waals surface area contributed by atoms with Crippen molar-refractivity contribution < 1.29 is 37.4 Å². The summed E-state index contributed by atoms with van der Waals surface area (Å²) in [5, 5.41) is 12.3. The average molecular weight is 529 g/mol. The summed E-state index contributed by atoms with van der Waals surface area (Å²) < 4.78 is 52.7. The number of carbonyl (C=O) groups excluding carboxylic acids is 1. The van der Waals surface area contributed by atoms with E-state index in [0.29, 0.717) is 0 Å². The van der Waals surface area contributed by atoms with Crippen LogP contribution in [0.3, 0.4) is 0 Å². The van der Waals surface area contributed by atoms with Crippen LogP contribution in [0.2, 0.25) is 0 Å². The van der Waals surface area contributed by atoms with Crippen LogP contribution in [-0.4, -0.2) is 57.3 Å². The minimum atomic E-state index is -4.54. The molecule has 2 aromatic rings. The Labute approximate surface area is 205 Å². The van der Waals surface area contributed by atoms with Crippen molar-refractivity contribution in [3.8, 4) is 5.75 Å². The highest BCUT2D eigenvalue weighted by atomic mass is 31.2. The van der Waals surface area contributed by atoms with E-state index in [0.717, 1.165) is 23.8 Å². The van der Waals surface area contributed by atoms with Crippen LogP contribution in [0.4, 0.5) is 4.39 Å². The molecule has 0 unspecified atom stereocenters. The van der Waals surface area contributed by atoms with Crippen molar-refractivity contribution in [3.63, 3.8) is 0 Å². The van der Waals surface area contributed by atoms with E-state index in [-0.39, 0.29) is 5.75 Å². The molecule has 12 nitrogen and oxygen atoms in total. The molecule has 1 fully saturated rings. The fourth-order valence-corrected chi connectivity index (χ4v) is 5.38. The highest BCUT2D eigenvalue weighted by Crippen LogP contribution is 2.52. The van der Waals surface area contributed by atoms with Crippen molar-refractivity contribution in [2.75, 3.05) is 6.61 Å². The molecule has 3 rings (SSSR count). The van der Waals surface area contributed by atoms with Gasteiger partial charge in [0.05, 0.1) is 12.7 Å². The van der Waals surface area contributed by atoms with E-state index in [4.69, 9.17) is 18.5 Å². The lowest BCUT2D eigenvalue weighted by Gasteiger charge is -2.31. The minimum Gasteiger partial charge on any atom is -0.462 e. The normalized spacial score (nSPS) is 26.4. The number of H-pyrrole nitrogens is 1. The standard InChI is InChI=1S/C22H29FN3O9P/c1-13(2)32-19(29)14(3)25-36(31,34-15-8-6-5-7-9-15)35-18-16(12-27)33-20(22(18,4)23)26-11-10-17(28)24-21(26)30/h5-11,13-14,16,18,20,27H,12H2,1-4H3,(H,25,31)(H,24,28,30)/t14-,16+,18+,20+,22+,36+/m0/s1. The summed E-state index contributed by atoms with van der Waals surface area (Å²) in [6, 6.07) is 7.64.